The summed E-state index contributed by atoms with van der Waals surface area (Å²) in [5, 5.41) is 22.9. The van der Waals surface area contributed by atoms with Gasteiger partial charge in [0.25, 0.3) is 0 Å². The normalized spacial score (nSPS) is 25.9. The summed E-state index contributed by atoms with van der Waals surface area (Å²) in [5.41, 5.74) is -1.07. The largest absolute Gasteiger partial charge is 0.481 e. The van der Waals surface area contributed by atoms with Gasteiger partial charge < -0.3 is 10.4 Å². The quantitative estimate of drug-likeness (QED) is 0.637. The lowest BCUT2D eigenvalue weighted by molar-refractivity contribution is -0.385. The van der Waals surface area contributed by atoms with Crippen LogP contribution in [-0.4, -0.2) is 32.0 Å². The zero-order valence-electron chi connectivity index (χ0n) is 11.1. The van der Waals surface area contributed by atoms with Crippen LogP contribution in [0.1, 0.15) is 32.6 Å². The highest BCUT2D eigenvalue weighted by atomic mass is 16.6. The first-order chi connectivity index (χ1) is 9.43. The van der Waals surface area contributed by atoms with E-state index in [4.69, 9.17) is 0 Å². The number of aromatic nitrogens is 2. The summed E-state index contributed by atoms with van der Waals surface area (Å²) in [5.74, 6) is -0.633. The third-order valence-corrected chi connectivity index (χ3v) is 3.85. The summed E-state index contributed by atoms with van der Waals surface area (Å²) in [6.07, 6.45) is 5.33. The molecule has 2 unspecified atom stereocenters. The lowest BCUT2D eigenvalue weighted by atomic mass is 9.72. The van der Waals surface area contributed by atoms with Gasteiger partial charge in [0.2, 0.25) is 5.95 Å². The van der Waals surface area contributed by atoms with Crippen molar-refractivity contribution >= 4 is 17.6 Å². The van der Waals surface area contributed by atoms with Crippen LogP contribution in [0.3, 0.4) is 0 Å². The number of nitrogens with one attached hydrogen (secondary N) is 1. The zero-order chi connectivity index (χ0) is 14.8. The molecule has 20 heavy (non-hydrogen) atoms. The van der Waals surface area contributed by atoms with E-state index in [2.05, 4.69) is 15.3 Å². The van der Waals surface area contributed by atoms with E-state index in [1.807, 2.05) is 0 Å². The van der Waals surface area contributed by atoms with Crippen LogP contribution in [0.25, 0.3) is 0 Å². The van der Waals surface area contributed by atoms with Crippen LogP contribution in [0.15, 0.2) is 12.4 Å². The Balaban J connectivity index is 2.15. The average molecular weight is 280 g/mol. The lowest BCUT2D eigenvalue weighted by Gasteiger charge is -2.38. The fourth-order valence-corrected chi connectivity index (χ4v) is 2.47. The van der Waals surface area contributed by atoms with Crippen molar-refractivity contribution in [2.24, 2.45) is 5.41 Å². The molecule has 8 nitrogen and oxygen atoms in total. The number of nitrogens with zero attached hydrogens (tertiary/aromatic N) is 3. The summed E-state index contributed by atoms with van der Waals surface area (Å²) in [7, 11) is 0. The second kappa shape index (κ2) is 5.40. The van der Waals surface area contributed by atoms with E-state index in [-0.39, 0.29) is 17.7 Å². The van der Waals surface area contributed by atoms with Crippen molar-refractivity contribution in [1.82, 2.24) is 9.97 Å². The highest BCUT2D eigenvalue weighted by molar-refractivity contribution is 5.76. The van der Waals surface area contributed by atoms with Gasteiger partial charge in [-0.25, -0.2) is 9.97 Å². The molecule has 2 rings (SSSR count). The maximum Gasteiger partial charge on any atom is 0.311 e. The molecule has 1 aliphatic carbocycles. The smallest absolute Gasteiger partial charge is 0.311 e. The molecule has 0 radical (unpaired) electrons. The van der Waals surface area contributed by atoms with E-state index < -0.39 is 16.3 Å². The summed E-state index contributed by atoms with van der Waals surface area (Å²) in [6.45, 7) is 1.71. The first-order valence-corrected chi connectivity index (χ1v) is 6.40. The fourth-order valence-electron chi connectivity index (χ4n) is 2.47. The molecule has 2 atom stereocenters. The van der Waals surface area contributed by atoms with Gasteiger partial charge in [-0.05, 0) is 19.8 Å². The number of carboxylic acid groups (broad SMARTS) is 1. The third-order valence-electron chi connectivity index (χ3n) is 3.85. The molecule has 1 aromatic heterocycles. The molecule has 0 aromatic carbocycles. The molecule has 2 N–H and O–H groups in total. The van der Waals surface area contributed by atoms with Crippen LogP contribution >= 0.6 is 0 Å². The van der Waals surface area contributed by atoms with E-state index in [1.165, 1.54) is 0 Å². The number of aliphatic carboxylic acids is 1. The van der Waals surface area contributed by atoms with Crippen molar-refractivity contribution in [1.29, 1.82) is 0 Å². The van der Waals surface area contributed by atoms with Gasteiger partial charge >= 0.3 is 11.7 Å². The molecular formula is C12H16N4O4. The van der Waals surface area contributed by atoms with Gasteiger partial charge in [-0.3, -0.25) is 14.9 Å². The van der Waals surface area contributed by atoms with Gasteiger partial charge in [0.05, 0.1) is 10.3 Å². The van der Waals surface area contributed by atoms with Crippen LogP contribution in [0.2, 0.25) is 0 Å². The monoisotopic (exact) mass is 280 g/mol. The second-order valence-corrected chi connectivity index (χ2v) is 5.19. The predicted octanol–water partition coefficient (Wildman–Crippen LogP) is 1.83. The van der Waals surface area contributed by atoms with Gasteiger partial charge in [0.15, 0.2) is 0 Å². The van der Waals surface area contributed by atoms with Crippen molar-refractivity contribution in [3.8, 4) is 0 Å². The molecule has 1 aliphatic rings. The Hall–Kier alpha value is -2.25. The Labute approximate surface area is 115 Å². The minimum atomic E-state index is -0.872. The number of rotatable bonds is 4. The molecule has 1 aromatic rings. The number of hydrogen-bond donors (Lipinski definition) is 2. The van der Waals surface area contributed by atoms with Gasteiger partial charge in [-0.1, -0.05) is 12.8 Å². The topological polar surface area (TPSA) is 118 Å². The molecular weight excluding hydrogens is 264 g/mol. The van der Waals surface area contributed by atoms with E-state index in [9.17, 15) is 20.0 Å². The van der Waals surface area contributed by atoms with Crippen LogP contribution in [0.4, 0.5) is 11.6 Å². The Morgan fingerprint density at radius 3 is 2.70 bits per heavy atom. The molecule has 0 spiro atoms. The summed E-state index contributed by atoms with van der Waals surface area (Å²) < 4.78 is 0. The number of carboxylic acids is 1. The Kier molecular flexibility index (Phi) is 3.82. The number of hydrogen-bond acceptors (Lipinski definition) is 6. The van der Waals surface area contributed by atoms with Crippen molar-refractivity contribution in [2.45, 2.75) is 38.6 Å². The van der Waals surface area contributed by atoms with Crippen molar-refractivity contribution < 1.29 is 14.8 Å². The van der Waals surface area contributed by atoms with E-state index in [0.717, 1.165) is 25.2 Å². The molecule has 8 heteroatoms. The Morgan fingerprint density at radius 1 is 1.50 bits per heavy atom. The molecule has 1 fully saturated rings. The van der Waals surface area contributed by atoms with E-state index in [0.29, 0.717) is 12.8 Å². The van der Waals surface area contributed by atoms with Gasteiger partial charge in [-0.15, -0.1) is 0 Å². The predicted molar refractivity (Wildman–Crippen MR) is 70.3 cm³/mol. The maximum absolute atomic E-state index is 11.5. The first kappa shape index (κ1) is 14.2. The maximum atomic E-state index is 11.5. The molecule has 1 heterocycles. The summed E-state index contributed by atoms with van der Waals surface area (Å²) in [6, 6.07) is -0.282. The van der Waals surface area contributed by atoms with Gasteiger partial charge in [0.1, 0.15) is 12.4 Å². The SMILES string of the molecule is CC1(C(=O)O)CCCCC1Nc1ncc([N+](=O)[O-])cn1. The fraction of sp³-hybridized carbons (Fsp3) is 0.583. The zero-order valence-corrected chi connectivity index (χ0v) is 11.1. The number of nitro groups is 1. The Bertz CT molecular complexity index is 519. The van der Waals surface area contributed by atoms with Gasteiger partial charge in [0, 0.05) is 6.04 Å². The average Bonchev–Trinajstić information content (AvgIpc) is 2.42. The summed E-state index contributed by atoms with van der Waals surface area (Å²) in [4.78, 5) is 29.1. The molecule has 1 saturated carbocycles. The second-order valence-electron chi connectivity index (χ2n) is 5.19. The van der Waals surface area contributed by atoms with E-state index >= 15 is 0 Å². The van der Waals surface area contributed by atoms with Gasteiger partial charge in [-0.2, -0.15) is 0 Å². The summed E-state index contributed by atoms with van der Waals surface area (Å²) >= 11 is 0. The molecule has 108 valence electrons. The van der Waals surface area contributed by atoms with Crippen LogP contribution < -0.4 is 5.32 Å². The molecule has 0 aliphatic heterocycles. The molecule has 0 saturated heterocycles. The minimum absolute atomic E-state index is 0.194. The number of anilines is 1. The highest BCUT2D eigenvalue weighted by Crippen LogP contribution is 2.37. The van der Waals surface area contributed by atoms with Crippen LogP contribution in [0, 0.1) is 15.5 Å². The lowest BCUT2D eigenvalue weighted by Crippen LogP contribution is -2.46. The van der Waals surface area contributed by atoms with Crippen molar-refractivity contribution in [3.05, 3.63) is 22.5 Å². The minimum Gasteiger partial charge on any atom is -0.481 e. The Morgan fingerprint density at radius 2 is 2.15 bits per heavy atom. The molecule has 0 amide bonds. The van der Waals surface area contributed by atoms with Crippen LogP contribution in [0.5, 0.6) is 0 Å². The van der Waals surface area contributed by atoms with E-state index in [1.54, 1.807) is 6.92 Å². The standard InChI is InChI=1S/C12H16N4O4/c1-12(10(17)18)5-3-2-4-9(12)15-11-13-6-8(7-14-11)16(19)20/h6-7,9H,2-5H2,1H3,(H,17,18)(H,13,14,15). The first-order valence-electron chi connectivity index (χ1n) is 6.40. The third kappa shape index (κ3) is 2.68. The number of carbonyl (C=O) groups is 1. The van der Waals surface area contributed by atoms with Crippen molar-refractivity contribution in [2.75, 3.05) is 5.32 Å². The highest BCUT2D eigenvalue weighted by Gasteiger charge is 2.43. The van der Waals surface area contributed by atoms with Crippen molar-refractivity contribution in [3.63, 3.8) is 0 Å². The molecule has 0 bridgehead atoms. The van der Waals surface area contributed by atoms with Crippen LogP contribution in [-0.2, 0) is 4.79 Å².